The molecule has 63 heavy (non-hydrogen) atoms. The first kappa shape index (κ1) is 44.8. The van der Waals surface area contributed by atoms with Crippen LogP contribution in [0.15, 0.2) is 108 Å². The van der Waals surface area contributed by atoms with Gasteiger partial charge in [-0.1, -0.05) is 47.5 Å². The predicted molar refractivity (Wildman–Crippen MR) is 247 cm³/mol. The topological polar surface area (TPSA) is 133 Å². The van der Waals surface area contributed by atoms with E-state index in [0.717, 1.165) is 52.0 Å². The Morgan fingerprint density at radius 3 is 2.35 bits per heavy atom. The quantitative estimate of drug-likeness (QED) is 0.0431. The molecule has 1 N–H and O–H groups in total. The fourth-order valence-electron chi connectivity index (χ4n) is 7.73. The van der Waals surface area contributed by atoms with E-state index < -0.39 is 4.75 Å². The first-order valence-corrected chi connectivity index (χ1v) is 20.9. The van der Waals surface area contributed by atoms with Crippen LogP contribution in [-0.4, -0.2) is 74.7 Å². The van der Waals surface area contributed by atoms with Crippen molar-refractivity contribution in [2.24, 2.45) is 4.99 Å². The fourth-order valence-corrected chi connectivity index (χ4v) is 7.86. The van der Waals surface area contributed by atoms with Crippen LogP contribution in [0.25, 0.3) is 0 Å². The average Bonchev–Trinajstić information content (AvgIpc) is 3.57. The van der Waals surface area contributed by atoms with Crippen molar-refractivity contribution in [3.63, 3.8) is 0 Å². The molecule has 0 radical (unpaired) electrons. The zero-order valence-electron chi connectivity index (χ0n) is 36.3. The van der Waals surface area contributed by atoms with E-state index in [1.807, 2.05) is 87.5 Å². The van der Waals surface area contributed by atoms with Gasteiger partial charge >= 0.3 is 0 Å². The highest BCUT2D eigenvalue weighted by Crippen LogP contribution is 2.39. The van der Waals surface area contributed by atoms with Gasteiger partial charge < -0.3 is 34.1 Å². The second kappa shape index (κ2) is 19.8. The summed E-state index contributed by atoms with van der Waals surface area (Å²) in [6, 6.07) is 20.6. The maximum absolute atomic E-state index is 13.9. The minimum atomic E-state index is -0.512. The third kappa shape index (κ3) is 10.7. The van der Waals surface area contributed by atoms with Crippen molar-refractivity contribution in [3.05, 3.63) is 131 Å². The molecule has 14 nitrogen and oxygen atoms in total. The van der Waals surface area contributed by atoms with Crippen LogP contribution < -0.4 is 34.2 Å². The summed E-state index contributed by atoms with van der Waals surface area (Å²) in [4.78, 5) is 44.5. The number of thiol groups is 1. The van der Waals surface area contributed by atoms with Crippen LogP contribution in [0, 0.1) is 6.92 Å². The lowest BCUT2D eigenvalue weighted by atomic mass is 10.0. The van der Waals surface area contributed by atoms with E-state index in [2.05, 4.69) is 18.0 Å². The summed E-state index contributed by atoms with van der Waals surface area (Å²) in [6.45, 7) is 11.1. The van der Waals surface area contributed by atoms with Gasteiger partial charge in [-0.3, -0.25) is 14.6 Å². The molecule has 330 valence electrons. The lowest BCUT2D eigenvalue weighted by Gasteiger charge is -2.28. The smallest absolute Gasteiger partial charge is 0.260 e. The van der Waals surface area contributed by atoms with E-state index in [0.29, 0.717) is 59.4 Å². The number of nitrogens with one attached hydrogen (secondary N) is 1. The highest BCUT2D eigenvalue weighted by molar-refractivity contribution is 7.81. The van der Waals surface area contributed by atoms with Crippen molar-refractivity contribution in [1.82, 2.24) is 4.90 Å². The van der Waals surface area contributed by atoms with Crippen molar-refractivity contribution in [2.75, 3.05) is 49.7 Å². The molecule has 7 rings (SSSR count). The molecule has 0 aliphatic carbocycles. The van der Waals surface area contributed by atoms with Crippen LogP contribution in [0.5, 0.6) is 23.0 Å². The van der Waals surface area contributed by atoms with Crippen molar-refractivity contribution in [2.45, 2.75) is 63.7 Å². The lowest BCUT2D eigenvalue weighted by molar-refractivity contribution is -0.507. The Labute approximate surface area is 373 Å². The van der Waals surface area contributed by atoms with E-state index in [-0.39, 0.29) is 31.2 Å². The fraction of sp³-hybridized carbons (Fsp3) is 0.312. The molecule has 0 spiro atoms. The number of carbonyl (C=O) groups excluding carboxylic acids is 2. The summed E-state index contributed by atoms with van der Waals surface area (Å²) in [5.74, 6) is 1.64. The van der Waals surface area contributed by atoms with Gasteiger partial charge in [-0.15, -0.1) is 0 Å². The number of allylic oxidation sites excluding steroid dienone is 3. The molecule has 3 heterocycles. The monoisotopic (exact) mass is 875 g/mol. The minimum Gasteiger partial charge on any atom is -0.493 e. The number of nitrogens with zero attached hydrogens (tertiary/aromatic N) is 4. The lowest BCUT2D eigenvalue weighted by Crippen LogP contribution is -2.36. The Bertz CT molecular complexity index is 2430. The number of aryl methyl sites for hydroxylation is 1. The Morgan fingerprint density at radius 1 is 0.937 bits per heavy atom. The average molecular weight is 876 g/mol. The molecule has 0 bridgehead atoms. The van der Waals surface area contributed by atoms with Gasteiger partial charge in [-0.05, 0) is 103 Å². The molecule has 0 saturated heterocycles. The van der Waals surface area contributed by atoms with Gasteiger partial charge in [0.15, 0.2) is 23.0 Å². The van der Waals surface area contributed by atoms with Crippen molar-refractivity contribution < 1.29 is 43.5 Å². The molecule has 0 aromatic heterocycles. The van der Waals surface area contributed by atoms with Gasteiger partial charge in [0.25, 0.3) is 5.91 Å². The highest BCUT2D eigenvalue weighted by atomic mass is 32.1. The number of ether oxygens (including phenoxy) is 4. The van der Waals surface area contributed by atoms with Gasteiger partial charge in [-0.25, -0.2) is 9.95 Å². The van der Waals surface area contributed by atoms with Crippen LogP contribution in [0.4, 0.5) is 22.7 Å². The van der Waals surface area contributed by atoms with Crippen molar-refractivity contribution >= 4 is 53.9 Å². The first-order chi connectivity index (χ1) is 30.4. The number of carbonyl (C=O) groups is 2. The van der Waals surface area contributed by atoms with E-state index in [4.69, 9.17) is 51.5 Å². The molecular formula is C48H53N5O9S. The standard InChI is InChI=1S/C48H53N5O9S/c1-31-12-10-11-15-51-37(16-31)25-50-41-24-46(44(57-6)22-39(41)47(51)55)60-28-34-18-33(19-36(20-34)53(61-62-58-7)29-48(3,4)63)27-59-45-23-40(32(2)17-43(45)56-5)49-26-38-21-35-13-8-9-14-42(35)52(38)30-54/h8-15,17-20,22-25,30,37-38,49,63H,1,16,21,26-29H2,2-7H3/b12-10-,15-11-/t37?,38-/m0/s1. The highest BCUT2D eigenvalue weighted by Gasteiger charge is 2.31. The summed E-state index contributed by atoms with van der Waals surface area (Å²) >= 11 is 4.75. The number of anilines is 3. The largest absolute Gasteiger partial charge is 0.493 e. The number of methoxy groups -OCH3 is 2. The van der Waals surface area contributed by atoms with Crippen molar-refractivity contribution in [3.8, 4) is 23.0 Å². The second-order valence-electron chi connectivity index (χ2n) is 16.1. The maximum atomic E-state index is 13.9. The molecule has 1 unspecified atom stereocenters. The normalized spacial score (nSPS) is 17.7. The predicted octanol–water partition coefficient (Wildman–Crippen LogP) is 8.67. The molecule has 4 aromatic carbocycles. The number of fused-ring (bicyclic) bond motifs is 3. The second-order valence-corrected chi connectivity index (χ2v) is 17.3. The molecule has 0 fully saturated rings. The molecule has 3 aliphatic rings. The Kier molecular flexibility index (Phi) is 14.1. The van der Waals surface area contributed by atoms with Gasteiger partial charge in [0.1, 0.15) is 13.2 Å². The summed E-state index contributed by atoms with van der Waals surface area (Å²) in [6.07, 6.45) is 11.3. The Balaban J connectivity index is 1.15. The van der Waals surface area contributed by atoms with Crippen LogP contribution in [0.1, 0.15) is 52.9 Å². The minimum absolute atomic E-state index is 0.0442. The number of aliphatic imine (C=N–C) groups is 1. The molecule has 4 aromatic rings. The van der Waals surface area contributed by atoms with Gasteiger partial charge in [0.05, 0.1) is 56.9 Å². The van der Waals surface area contributed by atoms with Crippen LogP contribution >= 0.6 is 12.6 Å². The van der Waals surface area contributed by atoms with E-state index >= 15 is 0 Å². The Morgan fingerprint density at radius 2 is 1.65 bits per heavy atom. The van der Waals surface area contributed by atoms with Crippen LogP contribution in [-0.2, 0) is 39.3 Å². The Hall–Kier alpha value is -6.26. The molecule has 3 aliphatic heterocycles. The number of amides is 2. The SMILES string of the molecule is C=C1/C=C\C=C/N2C(=O)c3cc(OC)c(OCc4cc(COc5cc(NC[C@@H]6Cc7ccccc7N6C=O)c(C)cc5OC)cc(N(CC(C)(C)S)OOOC)c4)cc3N=CC2C1. The summed E-state index contributed by atoms with van der Waals surface area (Å²) in [5, 5.41) is 10.0. The van der Waals surface area contributed by atoms with Gasteiger partial charge in [0, 0.05) is 47.2 Å². The van der Waals surface area contributed by atoms with Crippen LogP contribution in [0.2, 0.25) is 0 Å². The number of hydroxylamine groups is 1. The number of rotatable bonds is 18. The maximum Gasteiger partial charge on any atom is 0.260 e. The summed E-state index contributed by atoms with van der Waals surface area (Å²) in [7, 11) is 4.48. The first-order valence-electron chi connectivity index (χ1n) is 20.5. The number of benzene rings is 4. The van der Waals surface area contributed by atoms with Gasteiger partial charge in [0.2, 0.25) is 6.41 Å². The third-order valence-corrected chi connectivity index (χ3v) is 10.9. The third-order valence-electron chi connectivity index (χ3n) is 10.8. The van der Waals surface area contributed by atoms with E-state index in [1.165, 1.54) is 19.3 Å². The van der Waals surface area contributed by atoms with Crippen molar-refractivity contribution in [1.29, 1.82) is 0 Å². The van der Waals surface area contributed by atoms with Gasteiger partial charge in [-0.2, -0.15) is 12.6 Å². The number of hydrogen-bond acceptors (Lipinski definition) is 13. The molecule has 0 saturated carbocycles. The molecular weight excluding hydrogens is 823 g/mol. The number of para-hydroxylation sites is 1. The zero-order valence-corrected chi connectivity index (χ0v) is 37.2. The van der Waals surface area contributed by atoms with E-state index in [1.54, 1.807) is 41.5 Å². The molecule has 15 heteroatoms. The van der Waals surface area contributed by atoms with Crippen LogP contribution in [0.3, 0.4) is 0 Å². The summed E-state index contributed by atoms with van der Waals surface area (Å²) in [5.41, 5.74) is 7.75. The summed E-state index contributed by atoms with van der Waals surface area (Å²) < 4.78 is 24.0. The molecule has 2 amide bonds. The molecule has 2 atom stereocenters. The zero-order chi connectivity index (χ0) is 44.7. The van der Waals surface area contributed by atoms with E-state index in [9.17, 15) is 9.59 Å². The number of hydrogen-bond donors (Lipinski definition) is 2.